The van der Waals surface area contributed by atoms with Crippen LogP contribution in [0.15, 0.2) is 42.7 Å². The maximum atomic E-state index is 12.2. The van der Waals surface area contributed by atoms with Crippen molar-refractivity contribution in [3.63, 3.8) is 0 Å². The Hall–Kier alpha value is -2.56. The highest BCUT2D eigenvalue weighted by atomic mass is 16.2. The third-order valence-electron chi connectivity index (χ3n) is 3.24. The number of carbonyl (C=O) groups excluding carboxylic acids is 1. The summed E-state index contributed by atoms with van der Waals surface area (Å²) in [5, 5.41) is 3.34. The molecule has 0 aliphatic rings. The van der Waals surface area contributed by atoms with Gasteiger partial charge in [0.15, 0.2) is 0 Å². The highest BCUT2D eigenvalue weighted by Gasteiger charge is 2.15. The van der Waals surface area contributed by atoms with Crippen LogP contribution in [0.1, 0.15) is 28.9 Å². The van der Waals surface area contributed by atoms with Crippen LogP contribution < -0.4 is 11.1 Å². The SMILES string of the molecule is CC(Nc1cc(N)ccc1C(=O)N(C)C)c1cccnc1. The Morgan fingerprint density at radius 2 is 2.10 bits per heavy atom. The number of nitrogens with one attached hydrogen (secondary N) is 1. The number of nitrogens with zero attached hydrogens (tertiary/aromatic N) is 2. The van der Waals surface area contributed by atoms with Crippen molar-refractivity contribution in [1.82, 2.24) is 9.88 Å². The van der Waals surface area contributed by atoms with Gasteiger partial charge in [-0.05, 0) is 36.8 Å². The first-order valence-corrected chi connectivity index (χ1v) is 6.76. The molecule has 0 fully saturated rings. The van der Waals surface area contributed by atoms with Crippen molar-refractivity contribution in [2.75, 3.05) is 25.1 Å². The van der Waals surface area contributed by atoms with Crippen LogP contribution in [0.2, 0.25) is 0 Å². The fourth-order valence-corrected chi connectivity index (χ4v) is 2.06. The van der Waals surface area contributed by atoms with E-state index in [4.69, 9.17) is 5.73 Å². The van der Waals surface area contributed by atoms with Crippen LogP contribution in [0.25, 0.3) is 0 Å². The van der Waals surface area contributed by atoms with Crippen LogP contribution in [0.3, 0.4) is 0 Å². The number of amides is 1. The van der Waals surface area contributed by atoms with Crippen molar-refractivity contribution >= 4 is 17.3 Å². The zero-order valence-corrected chi connectivity index (χ0v) is 12.5. The number of pyridine rings is 1. The normalized spacial score (nSPS) is 11.8. The van der Waals surface area contributed by atoms with Gasteiger partial charge in [-0.25, -0.2) is 0 Å². The molecular formula is C16H20N4O. The quantitative estimate of drug-likeness (QED) is 0.846. The number of benzene rings is 1. The zero-order chi connectivity index (χ0) is 15.4. The molecule has 0 spiro atoms. The lowest BCUT2D eigenvalue weighted by atomic mass is 10.1. The van der Waals surface area contributed by atoms with Gasteiger partial charge in [0.1, 0.15) is 0 Å². The highest BCUT2D eigenvalue weighted by molar-refractivity contribution is 6.00. The highest BCUT2D eigenvalue weighted by Crippen LogP contribution is 2.25. The fraction of sp³-hybridized carbons (Fsp3) is 0.250. The van der Waals surface area contributed by atoms with Crippen LogP contribution in [-0.2, 0) is 0 Å². The third kappa shape index (κ3) is 3.51. The van der Waals surface area contributed by atoms with Crippen molar-refractivity contribution in [3.05, 3.63) is 53.9 Å². The Morgan fingerprint density at radius 3 is 2.71 bits per heavy atom. The minimum absolute atomic E-state index is 0.0224. The third-order valence-corrected chi connectivity index (χ3v) is 3.24. The Bertz CT molecular complexity index is 625. The van der Waals surface area contributed by atoms with Gasteiger partial charge in [0.25, 0.3) is 5.91 Å². The van der Waals surface area contributed by atoms with Crippen LogP contribution in [-0.4, -0.2) is 29.9 Å². The standard InChI is InChI=1S/C16H20N4O/c1-11(12-5-4-8-18-10-12)19-15-9-13(17)6-7-14(15)16(21)20(2)3/h4-11,19H,17H2,1-3H3. The number of nitrogens with two attached hydrogens (primary N) is 1. The minimum atomic E-state index is -0.0594. The topological polar surface area (TPSA) is 71.2 Å². The van der Waals surface area contributed by atoms with Gasteiger partial charge in [-0.3, -0.25) is 9.78 Å². The number of nitrogen functional groups attached to an aromatic ring is 1. The van der Waals surface area contributed by atoms with Gasteiger partial charge >= 0.3 is 0 Å². The summed E-state index contributed by atoms with van der Waals surface area (Å²) in [5.74, 6) is -0.0594. The Morgan fingerprint density at radius 1 is 1.33 bits per heavy atom. The van der Waals surface area contributed by atoms with Gasteiger partial charge in [-0.1, -0.05) is 6.07 Å². The molecule has 1 amide bonds. The molecule has 21 heavy (non-hydrogen) atoms. The van der Waals surface area contributed by atoms with Crippen molar-refractivity contribution < 1.29 is 4.79 Å². The van der Waals surface area contributed by atoms with E-state index in [-0.39, 0.29) is 11.9 Å². The summed E-state index contributed by atoms with van der Waals surface area (Å²) in [4.78, 5) is 17.9. The Balaban J connectivity index is 2.30. The summed E-state index contributed by atoms with van der Waals surface area (Å²) in [7, 11) is 3.46. The molecule has 110 valence electrons. The molecule has 1 atom stereocenters. The summed E-state index contributed by atoms with van der Waals surface area (Å²) < 4.78 is 0. The van der Waals surface area contributed by atoms with E-state index < -0.39 is 0 Å². The second-order valence-corrected chi connectivity index (χ2v) is 5.16. The van der Waals surface area contributed by atoms with Gasteiger partial charge in [-0.2, -0.15) is 0 Å². The monoisotopic (exact) mass is 284 g/mol. The molecule has 1 heterocycles. The summed E-state index contributed by atoms with van der Waals surface area (Å²) in [5.41, 5.74) is 8.83. The maximum absolute atomic E-state index is 12.2. The largest absolute Gasteiger partial charge is 0.399 e. The molecule has 2 rings (SSSR count). The number of rotatable bonds is 4. The second kappa shape index (κ2) is 6.26. The molecule has 0 radical (unpaired) electrons. The predicted molar refractivity (Wildman–Crippen MR) is 85.1 cm³/mol. The number of anilines is 2. The van der Waals surface area contributed by atoms with Crippen LogP contribution >= 0.6 is 0 Å². The zero-order valence-electron chi connectivity index (χ0n) is 12.5. The molecule has 1 aromatic carbocycles. The molecular weight excluding hydrogens is 264 g/mol. The van der Waals surface area contributed by atoms with E-state index in [0.29, 0.717) is 11.3 Å². The number of aromatic nitrogens is 1. The Kier molecular flexibility index (Phi) is 4.42. The molecule has 0 saturated carbocycles. The fourth-order valence-electron chi connectivity index (χ4n) is 2.06. The molecule has 1 unspecified atom stereocenters. The molecule has 5 nitrogen and oxygen atoms in total. The number of carbonyl (C=O) groups is 1. The van der Waals surface area contributed by atoms with Gasteiger partial charge in [-0.15, -0.1) is 0 Å². The summed E-state index contributed by atoms with van der Waals surface area (Å²) in [6.07, 6.45) is 3.54. The molecule has 2 aromatic rings. The van der Waals surface area contributed by atoms with E-state index in [0.717, 1.165) is 11.3 Å². The van der Waals surface area contributed by atoms with Crippen molar-refractivity contribution in [2.45, 2.75) is 13.0 Å². The average molecular weight is 284 g/mol. The van der Waals surface area contributed by atoms with Crippen molar-refractivity contribution in [2.24, 2.45) is 0 Å². The van der Waals surface area contributed by atoms with E-state index in [1.807, 2.05) is 19.1 Å². The van der Waals surface area contributed by atoms with Gasteiger partial charge in [0, 0.05) is 37.9 Å². The summed E-state index contributed by atoms with van der Waals surface area (Å²) in [6, 6.07) is 9.16. The summed E-state index contributed by atoms with van der Waals surface area (Å²) >= 11 is 0. The molecule has 5 heteroatoms. The molecule has 3 N–H and O–H groups in total. The lowest BCUT2D eigenvalue weighted by Crippen LogP contribution is -2.23. The molecule has 0 bridgehead atoms. The molecule has 0 saturated heterocycles. The molecule has 0 aliphatic carbocycles. The van der Waals surface area contributed by atoms with E-state index in [1.54, 1.807) is 49.6 Å². The van der Waals surface area contributed by atoms with Gasteiger partial charge in [0.2, 0.25) is 0 Å². The first-order valence-electron chi connectivity index (χ1n) is 6.76. The first-order chi connectivity index (χ1) is 9.99. The smallest absolute Gasteiger partial charge is 0.255 e. The van der Waals surface area contributed by atoms with Gasteiger partial charge in [0.05, 0.1) is 11.6 Å². The molecule has 1 aromatic heterocycles. The van der Waals surface area contributed by atoms with Crippen LogP contribution in [0.4, 0.5) is 11.4 Å². The number of hydrogen-bond acceptors (Lipinski definition) is 4. The van der Waals surface area contributed by atoms with E-state index in [1.165, 1.54) is 0 Å². The van der Waals surface area contributed by atoms with Gasteiger partial charge < -0.3 is 16.0 Å². The Labute approximate surface area is 124 Å². The summed E-state index contributed by atoms with van der Waals surface area (Å²) in [6.45, 7) is 2.02. The lowest BCUT2D eigenvalue weighted by molar-refractivity contribution is 0.0828. The van der Waals surface area contributed by atoms with Crippen LogP contribution in [0, 0.1) is 0 Å². The van der Waals surface area contributed by atoms with E-state index >= 15 is 0 Å². The first kappa shape index (κ1) is 14.8. The van der Waals surface area contributed by atoms with Crippen molar-refractivity contribution in [1.29, 1.82) is 0 Å². The number of hydrogen-bond donors (Lipinski definition) is 2. The maximum Gasteiger partial charge on any atom is 0.255 e. The van der Waals surface area contributed by atoms with Crippen molar-refractivity contribution in [3.8, 4) is 0 Å². The van der Waals surface area contributed by atoms with E-state index in [2.05, 4.69) is 10.3 Å². The predicted octanol–water partition coefficient (Wildman–Crippen LogP) is 2.54. The van der Waals surface area contributed by atoms with E-state index in [9.17, 15) is 4.79 Å². The lowest BCUT2D eigenvalue weighted by Gasteiger charge is -2.20. The minimum Gasteiger partial charge on any atom is -0.399 e. The average Bonchev–Trinajstić information content (AvgIpc) is 2.47. The molecule has 0 aliphatic heterocycles. The second-order valence-electron chi connectivity index (χ2n) is 5.16. The van der Waals surface area contributed by atoms with Crippen LogP contribution in [0.5, 0.6) is 0 Å².